The molecule has 34 heavy (non-hydrogen) atoms. The van der Waals surface area contributed by atoms with E-state index in [4.69, 9.17) is 9.47 Å². The van der Waals surface area contributed by atoms with Gasteiger partial charge >= 0.3 is 5.97 Å². The Labute approximate surface area is 202 Å². The van der Waals surface area contributed by atoms with Crippen molar-refractivity contribution in [3.63, 3.8) is 0 Å². The zero-order valence-electron chi connectivity index (χ0n) is 19.2. The van der Waals surface area contributed by atoms with Crippen LogP contribution in [-0.2, 0) is 19.1 Å². The van der Waals surface area contributed by atoms with E-state index >= 15 is 0 Å². The molecule has 1 saturated carbocycles. The summed E-state index contributed by atoms with van der Waals surface area (Å²) >= 11 is 0.986. The number of hydrogen-bond donors (Lipinski definition) is 2. The van der Waals surface area contributed by atoms with Gasteiger partial charge in [-0.15, -0.1) is 5.10 Å². The molecule has 11 heteroatoms. The van der Waals surface area contributed by atoms with Crippen molar-refractivity contribution in [2.24, 2.45) is 10.2 Å². The highest BCUT2D eigenvalue weighted by atomic mass is 32.2. The lowest BCUT2D eigenvalue weighted by Crippen LogP contribution is -2.39. The molecule has 1 aliphatic carbocycles. The lowest BCUT2D eigenvalue weighted by atomic mass is 9.95. The molecule has 1 saturated heterocycles. The zero-order chi connectivity index (χ0) is 24.3. The maximum absolute atomic E-state index is 12.2. The van der Waals surface area contributed by atoms with Crippen LogP contribution < -0.4 is 20.1 Å². The van der Waals surface area contributed by atoms with Gasteiger partial charge in [-0.05, 0) is 55.3 Å². The van der Waals surface area contributed by atoms with E-state index in [1.54, 1.807) is 18.2 Å². The average Bonchev–Trinajstić information content (AvgIpc) is 3.18. The number of nitrogens with zero attached hydrogens (tertiary/aromatic N) is 2. The van der Waals surface area contributed by atoms with Crippen LogP contribution in [0.2, 0.25) is 0 Å². The number of nitrogens with one attached hydrogen (secondary N) is 2. The molecule has 2 N–H and O–H groups in total. The minimum absolute atomic E-state index is 0.0873. The topological polar surface area (TPSA) is 128 Å². The number of hydrogen-bond acceptors (Lipinski definition) is 9. The van der Waals surface area contributed by atoms with Crippen molar-refractivity contribution in [3.05, 3.63) is 34.7 Å². The second kappa shape index (κ2) is 12.8. The molecule has 0 atom stereocenters. The standard InChI is InChI=1S/C23H28N4O6S/c1-3-32-18-11-15(13-24-27-23-26-22(30)19(34-23)12-21(29)31-2)9-10-17(18)33-14-20(28)25-16-7-5-4-6-8-16/h9-13,16H,3-8,14H2,1-2H3,(H,25,28)(H,26,27,30)/b19-12+,24-13?. The van der Waals surface area contributed by atoms with Crippen LogP contribution >= 0.6 is 11.8 Å². The molecule has 2 fully saturated rings. The highest BCUT2D eigenvalue weighted by Gasteiger charge is 2.25. The Bertz CT molecular complexity index is 1000. The van der Waals surface area contributed by atoms with Gasteiger partial charge in [-0.3, -0.25) is 14.9 Å². The van der Waals surface area contributed by atoms with Crippen LogP contribution in [0.25, 0.3) is 0 Å². The average molecular weight is 489 g/mol. The first-order valence-electron chi connectivity index (χ1n) is 11.1. The maximum atomic E-state index is 12.2. The second-order valence-electron chi connectivity index (χ2n) is 7.57. The lowest BCUT2D eigenvalue weighted by molar-refractivity contribution is -0.135. The Balaban J connectivity index is 1.59. The first kappa shape index (κ1) is 25.3. The molecule has 0 unspecified atom stereocenters. The van der Waals surface area contributed by atoms with Gasteiger partial charge in [0.05, 0.1) is 24.8 Å². The van der Waals surface area contributed by atoms with Gasteiger partial charge in [0.2, 0.25) is 0 Å². The summed E-state index contributed by atoms with van der Waals surface area (Å²) in [4.78, 5) is 35.6. The first-order valence-corrected chi connectivity index (χ1v) is 11.9. The van der Waals surface area contributed by atoms with E-state index in [9.17, 15) is 14.4 Å². The van der Waals surface area contributed by atoms with E-state index in [1.807, 2.05) is 6.92 Å². The summed E-state index contributed by atoms with van der Waals surface area (Å²) in [6.07, 6.45) is 8.12. The molecular weight excluding hydrogens is 460 g/mol. The number of amidine groups is 1. The van der Waals surface area contributed by atoms with Crippen LogP contribution in [0.3, 0.4) is 0 Å². The van der Waals surface area contributed by atoms with Gasteiger partial charge in [0.1, 0.15) is 0 Å². The summed E-state index contributed by atoms with van der Waals surface area (Å²) in [5, 5.41) is 13.7. The fraction of sp³-hybridized carbons (Fsp3) is 0.435. The molecule has 1 aromatic rings. The number of amides is 2. The van der Waals surface area contributed by atoms with Crippen LogP contribution in [0.15, 0.2) is 39.4 Å². The monoisotopic (exact) mass is 488 g/mol. The fourth-order valence-corrected chi connectivity index (χ4v) is 4.18. The molecule has 10 nitrogen and oxygen atoms in total. The molecule has 0 aromatic heterocycles. The van der Waals surface area contributed by atoms with Crippen molar-refractivity contribution in [1.29, 1.82) is 0 Å². The number of benzene rings is 1. The van der Waals surface area contributed by atoms with Crippen molar-refractivity contribution in [2.75, 3.05) is 20.3 Å². The number of esters is 1. The molecule has 0 bridgehead atoms. The normalized spacial score (nSPS) is 18.8. The smallest absolute Gasteiger partial charge is 0.331 e. The third kappa shape index (κ3) is 7.62. The number of methoxy groups -OCH3 is 1. The predicted octanol–water partition coefficient (Wildman–Crippen LogP) is 2.52. The molecule has 1 aliphatic heterocycles. The summed E-state index contributed by atoms with van der Waals surface area (Å²) in [6.45, 7) is 2.19. The highest BCUT2D eigenvalue weighted by Crippen LogP contribution is 2.28. The molecule has 0 spiro atoms. The van der Waals surface area contributed by atoms with Crippen LogP contribution in [0.4, 0.5) is 0 Å². The molecule has 2 aliphatic rings. The Morgan fingerprint density at radius 3 is 2.74 bits per heavy atom. The van der Waals surface area contributed by atoms with Gasteiger partial charge in [0, 0.05) is 12.1 Å². The van der Waals surface area contributed by atoms with Gasteiger partial charge in [0.15, 0.2) is 23.3 Å². The van der Waals surface area contributed by atoms with Gasteiger partial charge in [-0.25, -0.2) is 4.79 Å². The third-order valence-corrected chi connectivity index (χ3v) is 5.95. The minimum atomic E-state index is -0.625. The number of rotatable bonds is 9. The molecule has 3 rings (SSSR count). The number of thioether (sulfide) groups is 1. The van der Waals surface area contributed by atoms with Crippen LogP contribution in [-0.4, -0.2) is 55.5 Å². The Morgan fingerprint density at radius 1 is 1.21 bits per heavy atom. The van der Waals surface area contributed by atoms with Crippen molar-refractivity contribution < 1.29 is 28.6 Å². The summed E-state index contributed by atoms with van der Waals surface area (Å²) in [6, 6.07) is 5.41. The minimum Gasteiger partial charge on any atom is -0.490 e. The summed E-state index contributed by atoms with van der Waals surface area (Å²) in [7, 11) is 1.23. The predicted molar refractivity (Wildman–Crippen MR) is 129 cm³/mol. The van der Waals surface area contributed by atoms with Crippen molar-refractivity contribution >= 4 is 40.9 Å². The molecule has 182 valence electrons. The molecule has 2 amide bonds. The SMILES string of the molecule is CCOc1cc(C=N/N=C2/NC(=O)/C(=C\C(=O)OC)S2)ccc1OCC(=O)NC1CCCCC1. The number of carbonyl (C=O) groups is 3. The third-order valence-electron chi connectivity index (χ3n) is 5.05. The largest absolute Gasteiger partial charge is 0.490 e. The first-order chi connectivity index (χ1) is 16.5. The fourth-order valence-electron chi connectivity index (χ4n) is 3.44. The second-order valence-corrected chi connectivity index (χ2v) is 8.60. The van der Waals surface area contributed by atoms with E-state index in [1.165, 1.54) is 19.7 Å². The van der Waals surface area contributed by atoms with E-state index in [0.717, 1.165) is 43.5 Å². The summed E-state index contributed by atoms with van der Waals surface area (Å²) in [5.74, 6) is -0.277. The van der Waals surface area contributed by atoms with Crippen LogP contribution in [0.1, 0.15) is 44.6 Å². The lowest BCUT2D eigenvalue weighted by Gasteiger charge is -2.22. The van der Waals surface area contributed by atoms with Gasteiger partial charge < -0.3 is 19.5 Å². The van der Waals surface area contributed by atoms with Gasteiger partial charge in [0.25, 0.3) is 11.8 Å². The summed E-state index contributed by atoms with van der Waals surface area (Å²) in [5.41, 5.74) is 0.687. The van der Waals surface area contributed by atoms with E-state index in [2.05, 4.69) is 25.6 Å². The van der Waals surface area contributed by atoms with E-state index < -0.39 is 11.9 Å². The Kier molecular flexibility index (Phi) is 9.51. The van der Waals surface area contributed by atoms with E-state index in [-0.39, 0.29) is 28.6 Å². The zero-order valence-corrected chi connectivity index (χ0v) is 20.0. The maximum Gasteiger partial charge on any atom is 0.331 e. The quantitative estimate of drug-likeness (QED) is 0.237. The summed E-state index contributed by atoms with van der Waals surface area (Å²) < 4.78 is 15.9. The Hall–Kier alpha value is -3.34. The molecule has 0 radical (unpaired) electrons. The Morgan fingerprint density at radius 2 is 2.00 bits per heavy atom. The molecule has 1 heterocycles. The van der Waals surface area contributed by atoms with Crippen LogP contribution in [0, 0.1) is 0 Å². The van der Waals surface area contributed by atoms with Crippen molar-refractivity contribution in [3.8, 4) is 11.5 Å². The number of carbonyl (C=O) groups excluding carboxylic acids is 3. The van der Waals surface area contributed by atoms with E-state index in [0.29, 0.717) is 23.7 Å². The number of ether oxygens (including phenoxy) is 3. The molecular formula is C23H28N4O6S. The molecule has 1 aromatic carbocycles. The van der Waals surface area contributed by atoms with Gasteiger partial charge in [-0.1, -0.05) is 19.3 Å². The van der Waals surface area contributed by atoms with Crippen molar-refractivity contribution in [2.45, 2.75) is 45.1 Å². The highest BCUT2D eigenvalue weighted by molar-refractivity contribution is 8.18. The van der Waals surface area contributed by atoms with Crippen molar-refractivity contribution in [1.82, 2.24) is 10.6 Å². The van der Waals surface area contributed by atoms with Crippen LogP contribution in [0.5, 0.6) is 11.5 Å². The van der Waals surface area contributed by atoms with Gasteiger partial charge in [-0.2, -0.15) is 5.10 Å².